The van der Waals surface area contributed by atoms with Gasteiger partial charge in [-0.05, 0) is 17.7 Å². The topological polar surface area (TPSA) is 22.1 Å². The zero-order valence-electron chi connectivity index (χ0n) is 5.05. The summed E-state index contributed by atoms with van der Waals surface area (Å²) in [7, 11) is 0. The molecule has 4 heteroatoms. The molecule has 54 valence electrons. The van der Waals surface area contributed by atoms with Gasteiger partial charge in [-0.3, -0.25) is 4.29 Å². The third-order valence-electron chi connectivity index (χ3n) is 1.01. The van der Waals surface area contributed by atoms with E-state index in [0.29, 0.717) is 5.56 Å². The van der Waals surface area contributed by atoms with E-state index >= 15 is 0 Å². The first kappa shape index (κ1) is 7.44. The lowest BCUT2D eigenvalue weighted by Crippen LogP contribution is -1.87. The average molecular weight is 162 g/mol. The molecule has 2 nitrogen and oxygen atoms in total. The first-order valence-corrected chi connectivity index (χ1v) is 2.98. The Bertz CT molecular complexity index is 219. The number of hydrogen-bond acceptors (Lipinski definition) is 2. The van der Waals surface area contributed by atoms with Crippen molar-refractivity contribution in [1.82, 2.24) is 4.98 Å². The Morgan fingerprint density at radius 1 is 1.70 bits per heavy atom. The van der Waals surface area contributed by atoms with Crippen LogP contribution in [0.5, 0.6) is 0 Å². The van der Waals surface area contributed by atoms with Crippen LogP contribution >= 0.6 is 11.9 Å². The van der Waals surface area contributed by atoms with Gasteiger partial charge in [0.15, 0.2) is 0 Å². The maximum absolute atomic E-state index is 12.3. The molecule has 0 atom stereocenters. The van der Waals surface area contributed by atoms with Crippen molar-refractivity contribution >= 4 is 11.9 Å². The van der Waals surface area contributed by atoms with E-state index in [-0.39, 0.29) is 6.61 Å². The van der Waals surface area contributed by atoms with E-state index < -0.39 is 5.95 Å². The summed E-state index contributed by atoms with van der Waals surface area (Å²) in [5.41, 5.74) is 0.669. The number of halogens is 2. The molecule has 1 rings (SSSR count). The lowest BCUT2D eigenvalue weighted by atomic mass is 10.3. The highest BCUT2D eigenvalue weighted by Gasteiger charge is 1.93. The average Bonchev–Trinajstić information content (AvgIpc) is 1.88. The van der Waals surface area contributed by atoms with Gasteiger partial charge in [-0.1, -0.05) is 0 Å². The van der Waals surface area contributed by atoms with Gasteiger partial charge in [-0.15, -0.1) is 0 Å². The number of nitrogens with zero attached hydrogens (tertiary/aromatic N) is 1. The molecule has 0 fully saturated rings. The summed E-state index contributed by atoms with van der Waals surface area (Å²) in [6.07, 6.45) is 1.36. The molecule has 0 amide bonds. The molecule has 0 radical (unpaired) electrons. The van der Waals surface area contributed by atoms with E-state index in [4.69, 9.17) is 11.9 Å². The Balaban J connectivity index is 2.75. The van der Waals surface area contributed by atoms with Crippen molar-refractivity contribution in [2.24, 2.45) is 0 Å². The molecule has 1 aromatic heterocycles. The van der Waals surface area contributed by atoms with Crippen LogP contribution in [0.25, 0.3) is 0 Å². The van der Waals surface area contributed by atoms with E-state index in [2.05, 4.69) is 9.27 Å². The highest BCUT2D eigenvalue weighted by molar-refractivity contribution is 6.07. The standard InChI is InChI=1S/C6H5ClFNO/c7-10-4-5-1-2-9-6(8)3-5/h1-3H,4H2. The molecule has 0 unspecified atom stereocenters. The number of pyridine rings is 1. The fourth-order valence-electron chi connectivity index (χ4n) is 0.595. The van der Waals surface area contributed by atoms with Crippen LogP contribution in [0.1, 0.15) is 5.56 Å². The van der Waals surface area contributed by atoms with Crippen LogP contribution in [0.3, 0.4) is 0 Å². The third kappa shape index (κ3) is 1.93. The molecule has 0 aromatic carbocycles. The van der Waals surface area contributed by atoms with E-state index in [1.54, 1.807) is 6.07 Å². The molecule has 1 aromatic rings. The van der Waals surface area contributed by atoms with Gasteiger partial charge in [-0.2, -0.15) is 4.39 Å². The van der Waals surface area contributed by atoms with Crippen molar-refractivity contribution in [3.8, 4) is 0 Å². The van der Waals surface area contributed by atoms with Crippen LogP contribution in [0, 0.1) is 5.95 Å². The summed E-state index contributed by atoms with van der Waals surface area (Å²) in [6.45, 7) is 0.195. The Morgan fingerprint density at radius 2 is 2.50 bits per heavy atom. The smallest absolute Gasteiger partial charge is 0.213 e. The highest BCUT2D eigenvalue weighted by Crippen LogP contribution is 2.02. The SMILES string of the molecule is Fc1cc(COCl)ccn1. The molecule has 0 aliphatic rings. The van der Waals surface area contributed by atoms with E-state index in [9.17, 15) is 4.39 Å². The van der Waals surface area contributed by atoms with Crippen LogP contribution < -0.4 is 0 Å². The second-order valence-corrected chi connectivity index (χ2v) is 1.96. The van der Waals surface area contributed by atoms with Gasteiger partial charge < -0.3 is 0 Å². The Hall–Kier alpha value is -0.670. The van der Waals surface area contributed by atoms with Crippen LogP contribution in [0.2, 0.25) is 0 Å². The van der Waals surface area contributed by atoms with Gasteiger partial charge in [0.05, 0.1) is 18.5 Å². The summed E-state index contributed by atoms with van der Waals surface area (Å²) < 4.78 is 16.5. The Morgan fingerprint density at radius 3 is 3.10 bits per heavy atom. The molecule has 0 N–H and O–H groups in total. The first-order chi connectivity index (χ1) is 4.83. The predicted octanol–water partition coefficient (Wildman–Crippen LogP) is 1.89. The Labute approximate surface area is 62.8 Å². The monoisotopic (exact) mass is 161 g/mol. The molecule has 0 bridgehead atoms. The molecule has 0 aliphatic carbocycles. The normalized spacial score (nSPS) is 9.80. The summed E-state index contributed by atoms with van der Waals surface area (Å²) in [5, 5.41) is 0. The number of hydrogen-bond donors (Lipinski definition) is 0. The lowest BCUT2D eigenvalue weighted by Gasteiger charge is -1.94. The second kappa shape index (κ2) is 3.49. The largest absolute Gasteiger partial charge is 0.274 e. The van der Waals surface area contributed by atoms with Crippen LogP contribution in [-0.4, -0.2) is 4.98 Å². The fourth-order valence-corrected chi connectivity index (χ4v) is 0.721. The minimum absolute atomic E-state index is 0.195. The van der Waals surface area contributed by atoms with Crippen molar-refractivity contribution in [3.05, 3.63) is 29.8 Å². The van der Waals surface area contributed by atoms with Gasteiger partial charge in [0, 0.05) is 6.20 Å². The van der Waals surface area contributed by atoms with E-state index in [1.807, 2.05) is 0 Å². The van der Waals surface area contributed by atoms with Crippen molar-refractivity contribution < 1.29 is 8.68 Å². The molecular weight excluding hydrogens is 157 g/mol. The second-order valence-electron chi connectivity index (χ2n) is 1.74. The quantitative estimate of drug-likeness (QED) is 0.618. The van der Waals surface area contributed by atoms with Gasteiger partial charge >= 0.3 is 0 Å². The molecule has 0 aliphatic heterocycles. The lowest BCUT2D eigenvalue weighted by molar-refractivity contribution is 0.339. The molecule has 0 saturated carbocycles. The zero-order valence-corrected chi connectivity index (χ0v) is 5.81. The Kier molecular flexibility index (Phi) is 2.59. The van der Waals surface area contributed by atoms with Crippen molar-refractivity contribution in [1.29, 1.82) is 0 Å². The van der Waals surface area contributed by atoms with Crippen LogP contribution in [0.4, 0.5) is 4.39 Å². The number of rotatable bonds is 2. The fraction of sp³-hybridized carbons (Fsp3) is 0.167. The van der Waals surface area contributed by atoms with Gasteiger partial charge in [0.1, 0.15) is 0 Å². The van der Waals surface area contributed by atoms with Crippen LogP contribution in [0.15, 0.2) is 18.3 Å². The van der Waals surface area contributed by atoms with Crippen molar-refractivity contribution in [3.63, 3.8) is 0 Å². The third-order valence-corrected chi connectivity index (χ3v) is 1.12. The zero-order chi connectivity index (χ0) is 7.40. The minimum atomic E-state index is -0.522. The van der Waals surface area contributed by atoms with E-state index in [1.165, 1.54) is 12.3 Å². The van der Waals surface area contributed by atoms with Gasteiger partial charge in [-0.25, -0.2) is 4.98 Å². The number of aromatic nitrogens is 1. The minimum Gasteiger partial charge on any atom is -0.274 e. The maximum atomic E-state index is 12.3. The summed E-state index contributed by atoms with van der Waals surface area (Å²) in [4.78, 5) is 3.36. The van der Waals surface area contributed by atoms with Crippen molar-refractivity contribution in [2.75, 3.05) is 0 Å². The molecular formula is C6H5ClFNO. The van der Waals surface area contributed by atoms with Crippen LogP contribution in [-0.2, 0) is 10.9 Å². The summed E-state index contributed by atoms with van der Waals surface area (Å²) in [5.74, 6) is -0.522. The predicted molar refractivity (Wildman–Crippen MR) is 34.8 cm³/mol. The summed E-state index contributed by atoms with van der Waals surface area (Å²) >= 11 is 4.95. The van der Waals surface area contributed by atoms with Gasteiger partial charge in [0.25, 0.3) is 0 Å². The molecule has 10 heavy (non-hydrogen) atoms. The van der Waals surface area contributed by atoms with Gasteiger partial charge in [0.2, 0.25) is 5.95 Å². The first-order valence-electron chi connectivity index (χ1n) is 2.67. The molecule has 0 spiro atoms. The molecule has 0 saturated heterocycles. The maximum Gasteiger partial charge on any atom is 0.213 e. The highest BCUT2D eigenvalue weighted by atomic mass is 35.5. The molecule has 1 heterocycles. The van der Waals surface area contributed by atoms with E-state index in [0.717, 1.165) is 0 Å². The van der Waals surface area contributed by atoms with Crippen molar-refractivity contribution in [2.45, 2.75) is 6.61 Å². The summed E-state index contributed by atoms with van der Waals surface area (Å²) in [6, 6.07) is 2.90.